The van der Waals surface area contributed by atoms with E-state index >= 15 is 0 Å². The summed E-state index contributed by atoms with van der Waals surface area (Å²) in [5.41, 5.74) is 0. The molecule has 1 aromatic heterocycles. The zero-order valence-electron chi connectivity index (χ0n) is 11.4. The van der Waals surface area contributed by atoms with Crippen molar-refractivity contribution in [2.45, 2.75) is 16.7 Å². The summed E-state index contributed by atoms with van der Waals surface area (Å²) in [7, 11) is -3.53. The number of nitrogens with zero attached hydrogens (tertiary/aromatic N) is 1. The van der Waals surface area contributed by atoms with Gasteiger partial charge in [-0.15, -0.1) is 11.3 Å². The molecule has 1 amide bonds. The fraction of sp³-hybridized carbons (Fsp3) is 0.583. The lowest BCUT2D eigenvalue weighted by atomic mass is 10.2. The summed E-state index contributed by atoms with van der Waals surface area (Å²) >= 11 is 1.13. The summed E-state index contributed by atoms with van der Waals surface area (Å²) in [6, 6.07) is 3.18. The Morgan fingerprint density at radius 3 is 3.05 bits per heavy atom. The molecule has 0 radical (unpaired) electrons. The Balaban J connectivity index is 1.79. The summed E-state index contributed by atoms with van der Waals surface area (Å²) in [6.45, 7) is 1.12. The second-order valence-corrected chi connectivity index (χ2v) is 7.54. The molecule has 1 aliphatic rings. The zero-order valence-corrected chi connectivity index (χ0v) is 13.0. The molecule has 1 saturated heterocycles. The normalized spacial score (nSPS) is 19.7. The molecule has 1 unspecified atom stereocenters. The molecule has 1 fully saturated rings. The molecule has 1 atom stereocenters. The smallest absolute Gasteiger partial charge is 0.250 e. The Morgan fingerprint density at radius 2 is 2.38 bits per heavy atom. The van der Waals surface area contributed by atoms with Gasteiger partial charge < -0.3 is 14.7 Å². The quantitative estimate of drug-likeness (QED) is 0.740. The third-order valence-electron chi connectivity index (χ3n) is 3.09. The molecule has 2 heterocycles. The van der Waals surface area contributed by atoms with E-state index < -0.39 is 10.0 Å². The van der Waals surface area contributed by atoms with Crippen LogP contribution < -0.4 is 4.72 Å². The van der Waals surface area contributed by atoms with E-state index in [1.807, 2.05) is 0 Å². The number of aliphatic hydroxyl groups is 1. The van der Waals surface area contributed by atoms with E-state index in [-0.39, 0.29) is 35.8 Å². The van der Waals surface area contributed by atoms with Crippen molar-refractivity contribution in [2.75, 3.05) is 32.8 Å². The van der Waals surface area contributed by atoms with E-state index in [0.717, 1.165) is 11.3 Å². The van der Waals surface area contributed by atoms with E-state index in [1.165, 1.54) is 6.07 Å². The van der Waals surface area contributed by atoms with Gasteiger partial charge in [0.1, 0.15) is 4.21 Å². The lowest BCUT2D eigenvalue weighted by Gasteiger charge is -2.32. The molecule has 118 valence electrons. The molecule has 0 bridgehead atoms. The van der Waals surface area contributed by atoms with Gasteiger partial charge in [0.2, 0.25) is 15.9 Å². The topological polar surface area (TPSA) is 95.9 Å². The highest BCUT2D eigenvalue weighted by Gasteiger charge is 2.24. The Kier molecular flexibility index (Phi) is 5.71. The lowest BCUT2D eigenvalue weighted by Crippen LogP contribution is -2.47. The van der Waals surface area contributed by atoms with Crippen molar-refractivity contribution in [1.29, 1.82) is 0 Å². The molecule has 21 heavy (non-hydrogen) atoms. The molecule has 9 heteroatoms. The molecular formula is C12H18N2O5S2. The van der Waals surface area contributed by atoms with Crippen molar-refractivity contribution in [3.05, 3.63) is 17.5 Å². The predicted molar refractivity (Wildman–Crippen MR) is 77.5 cm³/mol. The summed E-state index contributed by atoms with van der Waals surface area (Å²) in [5.74, 6) is -0.148. The molecule has 0 aromatic carbocycles. The second kappa shape index (κ2) is 7.32. The summed E-state index contributed by atoms with van der Waals surface area (Å²) in [4.78, 5) is 13.6. The van der Waals surface area contributed by atoms with Crippen LogP contribution in [0.5, 0.6) is 0 Å². The van der Waals surface area contributed by atoms with Gasteiger partial charge in [-0.1, -0.05) is 6.07 Å². The predicted octanol–water partition coefficient (Wildman–Crippen LogP) is -0.364. The average Bonchev–Trinajstić information content (AvgIpc) is 3.02. The van der Waals surface area contributed by atoms with Crippen LogP contribution in [-0.4, -0.2) is 63.3 Å². The van der Waals surface area contributed by atoms with Crippen molar-refractivity contribution in [1.82, 2.24) is 9.62 Å². The van der Waals surface area contributed by atoms with Crippen molar-refractivity contribution < 1.29 is 23.1 Å². The minimum Gasteiger partial charge on any atom is -0.394 e. The molecule has 0 aliphatic carbocycles. The van der Waals surface area contributed by atoms with Crippen LogP contribution in [0.2, 0.25) is 0 Å². The molecule has 0 spiro atoms. The van der Waals surface area contributed by atoms with E-state index in [2.05, 4.69) is 4.72 Å². The molecule has 2 N–H and O–H groups in total. The molecule has 0 saturated carbocycles. The molecular weight excluding hydrogens is 316 g/mol. The number of nitrogens with one attached hydrogen (secondary N) is 1. The lowest BCUT2D eigenvalue weighted by molar-refractivity contribution is -0.140. The minimum atomic E-state index is -3.53. The van der Waals surface area contributed by atoms with Crippen LogP contribution in [0.25, 0.3) is 0 Å². The average molecular weight is 334 g/mol. The minimum absolute atomic E-state index is 0.0558. The van der Waals surface area contributed by atoms with Crippen molar-refractivity contribution >= 4 is 27.3 Å². The van der Waals surface area contributed by atoms with Gasteiger partial charge in [-0.25, -0.2) is 13.1 Å². The number of aliphatic hydroxyl groups excluding tert-OH is 1. The van der Waals surface area contributed by atoms with Gasteiger partial charge >= 0.3 is 0 Å². The van der Waals surface area contributed by atoms with Gasteiger partial charge in [0.25, 0.3) is 0 Å². The van der Waals surface area contributed by atoms with E-state index in [4.69, 9.17) is 9.84 Å². The fourth-order valence-corrected chi connectivity index (χ4v) is 4.06. The summed E-state index contributed by atoms with van der Waals surface area (Å²) < 4.78 is 31.7. The number of hydrogen-bond donors (Lipinski definition) is 2. The first-order valence-corrected chi connectivity index (χ1v) is 8.92. The number of rotatable bonds is 6. The summed E-state index contributed by atoms with van der Waals surface area (Å²) in [6.07, 6.45) is -0.270. The summed E-state index contributed by atoms with van der Waals surface area (Å²) in [5, 5.41) is 10.7. The molecule has 2 rings (SSSR count). The van der Waals surface area contributed by atoms with Gasteiger partial charge in [0, 0.05) is 26.1 Å². The van der Waals surface area contributed by atoms with Crippen LogP contribution in [0.4, 0.5) is 0 Å². The van der Waals surface area contributed by atoms with Crippen molar-refractivity contribution in [2.24, 2.45) is 0 Å². The third kappa shape index (κ3) is 4.48. The highest BCUT2D eigenvalue weighted by atomic mass is 32.2. The molecule has 7 nitrogen and oxygen atoms in total. The number of morpholine rings is 1. The fourth-order valence-electron chi connectivity index (χ4n) is 1.99. The first-order valence-electron chi connectivity index (χ1n) is 6.56. The number of amides is 1. The van der Waals surface area contributed by atoms with Crippen LogP contribution in [0.3, 0.4) is 0 Å². The third-order valence-corrected chi connectivity index (χ3v) is 5.94. The molecule has 1 aromatic rings. The first kappa shape index (κ1) is 16.4. The van der Waals surface area contributed by atoms with Crippen molar-refractivity contribution in [3.63, 3.8) is 0 Å². The van der Waals surface area contributed by atoms with E-state index in [9.17, 15) is 13.2 Å². The van der Waals surface area contributed by atoms with E-state index in [0.29, 0.717) is 19.7 Å². The number of hydrogen-bond acceptors (Lipinski definition) is 6. The molecule has 1 aliphatic heterocycles. The standard InChI is InChI=1S/C12H18N2O5S2/c15-9-10-8-14(5-6-19-10)11(16)3-4-13-21(17,18)12-2-1-7-20-12/h1-2,7,10,13,15H,3-6,8-9H2. The first-order chi connectivity index (χ1) is 10.0. The van der Waals surface area contributed by atoms with Crippen LogP contribution in [0, 0.1) is 0 Å². The van der Waals surface area contributed by atoms with Crippen LogP contribution >= 0.6 is 11.3 Å². The Bertz CT molecular complexity index is 558. The Labute approximate surface area is 127 Å². The van der Waals surface area contributed by atoms with Gasteiger partial charge in [-0.05, 0) is 11.4 Å². The SMILES string of the molecule is O=C(CCNS(=O)(=O)c1cccs1)N1CCOC(CO)C1. The number of ether oxygens (including phenoxy) is 1. The van der Waals surface area contributed by atoms with Crippen LogP contribution in [-0.2, 0) is 19.6 Å². The highest BCUT2D eigenvalue weighted by molar-refractivity contribution is 7.91. The largest absolute Gasteiger partial charge is 0.394 e. The Morgan fingerprint density at radius 1 is 1.57 bits per heavy atom. The number of thiophene rings is 1. The monoisotopic (exact) mass is 334 g/mol. The van der Waals surface area contributed by atoms with Crippen molar-refractivity contribution in [3.8, 4) is 0 Å². The Hall–Kier alpha value is -1.00. The van der Waals surface area contributed by atoms with Gasteiger partial charge in [-0.3, -0.25) is 4.79 Å². The van der Waals surface area contributed by atoms with Gasteiger partial charge in [0.15, 0.2) is 0 Å². The second-order valence-electron chi connectivity index (χ2n) is 4.59. The maximum Gasteiger partial charge on any atom is 0.250 e. The van der Waals surface area contributed by atoms with Gasteiger partial charge in [-0.2, -0.15) is 0 Å². The maximum absolute atomic E-state index is 12.0. The maximum atomic E-state index is 12.0. The van der Waals surface area contributed by atoms with Gasteiger partial charge in [0.05, 0.1) is 19.3 Å². The number of sulfonamides is 1. The number of carbonyl (C=O) groups excluding carboxylic acids is 1. The number of carbonyl (C=O) groups is 1. The van der Waals surface area contributed by atoms with Crippen LogP contribution in [0.1, 0.15) is 6.42 Å². The van der Waals surface area contributed by atoms with Crippen LogP contribution in [0.15, 0.2) is 21.7 Å². The van der Waals surface area contributed by atoms with E-state index in [1.54, 1.807) is 16.3 Å². The zero-order chi connectivity index (χ0) is 15.3. The highest BCUT2D eigenvalue weighted by Crippen LogP contribution is 2.15.